The lowest BCUT2D eigenvalue weighted by molar-refractivity contribution is -0.133. The average molecular weight is 276 g/mol. The van der Waals surface area contributed by atoms with Crippen molar-refractivity contribution in [2.75, 3.05) is 13.1 Å². The van der Waals surface area contributed by atoms with Gasteiger partial charge in [0.1, 0.15) is 0 Å². The lowest BCUT2D eigenvalue weighted by Crippen LogP contribution is -2.33. The average Bonchev–Trinajstić information content (AvgIpc) is 2.49. The van der Waals surface area contributed by atoms with Crippen LogP contribution in [0.15, 0.2) is 30.3 Å². The third kappa shape index (κ3) is 5.74. The maximum absolute atomic E-state index is 12.5. The van der Waals surface area contributed by atoms with Gasteiger partial charge in [0.15, 0.2) is 0 Å². The first kappa shape index (κ1) is 16.7. The standard InChI is InChI=1S/C17H28N2O/c1-3-15(4-2)13-17(20)19(12-8-11-18)14-16-9-6-5-7-10-16/h5-7,9-10,15H,3-4,8,11-14,18H2,1-2H3. The third-order valence-electron chi connectivity index (χ3n) is 3.82. The Balaban J connectivity index is 2.65. The van der Waals surface area contributed by atoms with Crippen LogP contribution in [0.5, 0.6) is 0 Å². The van der Waals surface area contributed by atoms with E-state index in [4.69, 9.17) is 5.73 Å². The van der Waals surface area contributed by atoms with Crippen LogP contribution >= 0.6 is 0 Å². The summed E-state index contributed by atoms with van der Waals surface area (Å²) in [6.07, 6.45) is 3.66. The highest BCUT2D eigenvalue weighted by molar-refractivity contribution is 5.76. The van der Waals surface area contributed by atoms with Crippen molar-refractivity contribution in [1.29, 1.82) is 0 Å². The fourth-order valence-electron chi connectivity index (χ4n) is 2.33. The van der Waals surface area contributed by atoms with E-state index in [1.54, 1.807) is 0 Å². The molecule has 3 nitrogen and oxygen atoms in total. The van der Waals surface area contributed by atoms with E-state index in [-0.39, 0.29) is 5.91 Å². The van der Waals surface area contributed by atoms with Crippen molar-refractivity contribution >= 4 is 5.91 Å². The van der Waals surface area contributed by atoms with Crippen LogP contribution in [0.3, 0.4) is 0 Å². The minimum absolute atomic E-state index is 0.260. The zero-order chi connectivity index (χ0) is 14.8. The van der Waals surface area contributed by atoms with E-state index in [1.165, 1.54) is 5.56 Å². The van der Waals surface area contributed by atoms with Crippen molar-refractivity contribution in [3.63, 3.8) is 0 Å². The first-order chi connectivity index (χ1) is 9.71. The van der Waals surface area contributed by atoms with Crippen molar-refractivity contribution in [3.05, 3.63) is 35.9 Å². The van der Waals surface area contributed by atoms with Gasteiger partial charge in [-0.15, -0.1) is 0 Å². The molecule has 0 heterocycles. The number of amides is 1. The van der Waals surface area contributed by atoms with E-state index in [2.05, 4.69) is 26.0 Å². The summed E-state index contributed by atoms with van der Waals surface area (Å²) in [6, 6.07) is 10.2. The Bertz CT molecular complexity index is 374. The van der Waals surface area contributed by atoms with Crippen LogP contribution in [0.1, 0.15) is 45.1 Å². The Kier molecular flexibility index (Phi) is 7.97. The number of rotatable bonds is 9. The van der Waals surface area contributed by atoms with Crippen LogP contribution in [0.25, 0.3) is 0 Å². The minimum atomic E-state index is 0.260. The molecule has 0 fully saturated rings. The molecule has 0 unspecified atom stereocenters. The first-order valence-electron chi connectivity index (χ1n) is 7.73. The molecule has 0 bridgehead atoms. The largest absolute Gasteiger partial charge is 0.338 e. The topological polar surface area (TPSA) is 46.3 Å². The SMILES string of the molecule is CCC(CC)CC(=O)N(CCCN)Cc1ccccc1. The summed E-state index contributed by atoms with van der Waals surface area (Å²) >= 11 is 0. The second kappa shape index (κ2) is 9.54. The lowest BCUT2D eigenvalue weighted by Gasteiger charge is -2.24. The smallest absolute Gasteiger partial charge is 0.223 e. The summed E-state index contributed by atoms with van der Waals surface area (Å²) in [5, 5.41) is 0. The molecule has 1 rings (SSSR count). The molecule has 1 amide bonds. The maximum atomic E-state index is 12.5. The van der Waals surface area contributed by atoms with Crippen molar-refractivity contribution < 1.29 is 4.79 Å². The first-order valence-corrected chi connectivity index (χ1v) is 7.73. The number of nitrogens with zero attached hydrogens (tertiary/aromatic N) is 1. The van der Waals surface area contributed by atoms with Crippen LogP contribution < -0.4 is 5.73 Å². The summed E-state index contributed by atoms with van der Waals surface area (Å²) < 4.78 is 0. The summed E-state index contributed by atoms with van der Waals surface area (Å²) in [6.45, 7) is 6.39. The van der Waals surface area contributed by atoms with Crippen molar-refractivity contribution in [1.82, 2.24) is 4.90 Å². The van der Waals surface area contributed by atoms with Gasteiger partial charge >= 0.3 is 0 Å². The predicted octanol–water partition coefficient (Wildman–Crippen LogP) is 3.19. The van der Waals surface area contributed by atoms with Gasteiger partial charge in [-0.25, -0.2) is 0 Å². The molecule has 0 aliphatic rings. The van der Waals surface area contributed by atoms with Gasteiger partial charge in [0, 0.05) is 19.5 Å². The molecule has 0 radical (unpaired) electrons. The number of benzene rings is 1. The van der Waals surface area contributed by atoms with E-state index in [0.717, 1.165) is 25.8 Å². The molecule has 2 N–H and O–H groups in total. The van der Waals surface area contributed by atoms with Crippen LogP contribution in [-0.4, -0.2) is 23.9 Å². The molecule has 0 aromatic heterocycles. The monoisotopic (exact) mass is 276 g/mol. The summed E-state index contributed by atoms with van der Waals surface area (Å²) in [4.78, 5) is 14.4. The summed E-state index contributed by atoms with van der Waals surface area (Å²) in [5.41, 5.74) is 6.77. The third-order valence-corrected chi connectivity index (χ3v) is 3.82. The van der Waals surface area contributed by atoms with Crippen molar-refractivity contribution in [2.45, 2.75) is 46.1 Å². The molecule has 1 aromatic carbocycles. The molecule has 0 atom stereocenters. The zero-order valence-corrected chi connectivity index (χ0v) is 12.8. The number of carbonyl (C=O) groups is 1. The Labute approximate surface area is 123 Å². The van der Waals surface area contributed by atoms with E-state index in [0.29, 0.717) is 25.4 Å². The highest BCUT2D eigenvalue weighted by Crippen LogP contribution is 2.16. The van der Waals surface area contributed by atoms with Gasteiger partial charge in [-0.2, -0.15) is 0 Å². The number of nitrogens with two attached hydrogens (primary N) is 1. The quantitative estimate of drug-likeness (QED) is 0.753. The Morgan fingerprint density at radius 1 is 1.20 bits per heavy atom. The van der Waals surface area contributed by atoms with E-state index < -0.39 is 0 Å². The summed E-state index contributed by atoms with van der Waals surface area (Å²) in [5.74, 6) is 0.759. The van der Waals surface area contributed by atoms with Gasteiger partial charge in [0.05, 0.1) is 0 Å². The molecule has 0 aliphatic heterocycles. The van der Waals surface area contributed by atoms with Gasteiger partial charge in [-0.3, -0.25) is 4.79 Å². The second-order valence-electron chi connectivity index (χ2n) is 5.33. The van der Waals surface area contributed by atoms with Gasteiger partial charge < -0.3 is 10.6 Å². The Morgan fingerprint density at radius 2 is 1.85 bits per heavy atom. The number of carbonyl (C=O) groups excluding carboxylic acids is 1. The number of hydrogen-bond donors (Lipinski definition) is 1. The van der Waals surface area contributed by atoms with Gasteiger partial charge in [-0.05, 0) is 24.4 Å². The number of hydrogen-bond acceptors (Lipinski definition) is 2. The van der Waals surface area contributed by atoms with Gasteiger partial charge in [-0.1, -0.05) is 57.0 Å². The molecule has 0 spiro atoms. The molecular formula is C17H28N2O. The molecule has 0 saturated heterocycles. The highest BCUT2D eigenvalue weighted by atomic mass is 16.2. The fourth-order valence-corrected chi connectivity index (χ4v) is 2.33. The highest BCUT2D eigenvalue weighted by Gasteiger charge is 2.17. The van der Waals surface area contributed by atoms with Crippen molar-refractivity contribution in [3.8, 4) is 0 Å². The Morgan fingerprint density at radius 3 is 2.40 bits per heavy atom. The molecule has 20 heavy (non-hydrogen) atoms. The van der Waals surface area contributed by atoms with Crippen LogP contribution in [0.2, 0.25) is 0 Å². The lowest BCUT2D eigenvalue weighted by atomic mass is 9.98. The molecule has 0 aliphatic carbocycles. The molecular weight excluding hydrogens is 248 g/mol. The fraction of sp³-hybridized carbons (Fsp3) is 0.588. The van der Waals surface area contributed by atoms with Crippen LogP contribution in [0.4, 0.5) is 0 Å². The maximum Gasteiger partial charge on any atom is 0.223 e. The van der Waals surface area contributed by atoms with Gasteiger partial charge in [0.2, 0.25) is 5.91 Å². The zero-order valence-electron chi connectivity index (χ0n) is 12.8. The van der Waals surface area contributed by atoms with Gasteiger partial charge in [0.25, 0.3) is 0 Å². The Hall–Kier alpha value is -1.35. The van der Waals surface area contributed by atoms with Crippen molar-refractivity contribution in [2.24, 2.45) is 11.7 Å². The van der Waals surface area contributed by atoms with E-state index in [9.17, 15) is 4.79 Å². The molecule has 0 saturated carbocycles. The van der Waals surface area contributed by atoms with Crippen LogP contribution in [-0.2, 0) is 11.3 Å². The van der Waals surface area contributed by atoms with E-state index >= 15 is 0 Å². The normalized spacial score (nSPS) is 10.8. The molecule has 1 aromatic rings. The molecule has 112 valence electrons. The second-order valence-corrected chi connectivity index (χ2v) is 5.33. The summed E-state index contributed by atoms with van der Waals surface area (Å²) in [7, 11) is 0. The predicted molar refractivity (Wildman–Crippen MR) is 84.2 cm³/mol. The minimum Gasteiger partial charge on any atom is -0.338 e. The van der Waals surface area contributed by atoms with Crippen LogP contribution in [0, 0.1) is 5.92 Å². The van der Waals surface area contributed by atoms with E-state index in [1.807, 2.05) is 23.1 Å². The molecule has 3 heteroatoms.